The van der Waals surface area contributed by atoms with Gasteiger partial charge in [-0.2, -0.15) is 0 Å². The molecule has 1 aliphatic rings. The van der Waals surface area contributed by atoms with E-state index in [0.717, 1.165) is 31.6 Å². The molecule has 0 N–H and O–H groups in total. The molecule has 1 saturated heterocycles. The molecule has 1 aromatic rings. The van der Waals surface area contributed by atoms with Gasteiger partial charge in [-0.3, -0.25) is 9.78 Å². The van der Waals surface area contributed by atoms with Crippen LogP contribution < -0.4 is 4.90 Å². The lowest BCUT2D eigenvalue weighted by Crippen LogP contribution is -2.37. The fraction of sp³-hybridized carbons (Fsp3) is 0.538. The van der Waals surface area contributed by atoms with E-state index >= 15 is 0 Å². The van der Waals surface area contributed by atoms with Crippen molar-refractivity contribution in [3.63, 3.8) is 0 Å². The largest absolute Gasteiger partial charge is 0.466 e. The molecule has 4 nitrogen and oxygen atoms in total. The molecule has 0 aromatic carbocycles. The zero-order valence-electron chi connectivity index (χ0n) is 10.5. The standard InChI is InChI=1S/C13H18N2O2.ClH/c1-2-17-13(16)11-5-8-15(9-6-11)12-4-3-7-14-10-12;/h3-4,7,10-11H,2,5-6,8-9H2,1H3;1H. The molecule has 0 saturated carbocycles. The lowest BCUT2D eigenvalue weighted by molar-refractivity contribution is -0.148. The van der Waals surface area contributed by atoms with E-state index in [-0.39, 0.29) is 24.3 Å². The van der Waals surface area contributed by atoms with Crippen LogP contribution in [-0.2, 0) is 9.53 Å². The summed E-state index contributed by atoms with van der Waals surface area (Å²) in [6.07, 6.45) is 5.38. The lowest BCUT2D eigenvalue weighted by Gasteiger charge is -2.32. The average Bonchev–Trinajstić information content (AvgIpc) is 2.40. The van der Waals surface area contributed by atoms with E-state index < -0.39 is 0 Å². The van der Waals surface area contributed by atoms with Gasteiger partial charge in [0.1, 0.15) is 0 Å². The van der Waals surface area contributed by atoms with Crippen LogP contribution in [0.5, 0.6) is 0 Å². The molecule has 1 fully saturated rings. The van der Waals surface area contributed by atoms with E-state index in [9.17, 15) is 4.79 Å². The Kier molecular flexibility index (Phi) is 5.92. The van der Waals surface area contributed by atoms with Crippen LogP contribution in [0.25, 0.3) is 0 Å². The quantitative estimate of drug-likeness (QED) is 0.791. The molecule has 100 valence electrons. The summed E-state index contributed by atoms with van der Waals surface area (Å²) in [5.74, 6) is 0.0289. The third-order valence-corrected chi connectivity index (χ3v) is 3.13. The third kappa shape index (κ3) is 3.60. The Hall–Kier alpha value is -1.29. The molecule has 0 atom stereocenters. The van der Waals surface area contributed by atoms with E-state index in [1.165, 1.54) is 0 Å². The molecule has 0 amide bonds. The number of anilines is 1. The fourth-order valence-electron chi connectivity index (χ4n) is 2.17. The van der Waals surface area contributed by atoms with Crippen molar-refractivity contribution in [2.24, 2.45) is 5.92 Å². The Morgan fingerprint density at radius 2 is 2.22 bits per heavy atom. The minimum absolute atomic E-state index is 0. The van der Waals surface area contributed by atoms with Crippen LogP contribution in [0.15, 0.2) is 24.5 Å². The van der Waals surface area contributed by atoms with Crippen LogP contribution in [0.2, 0.25) is 0 Å². The second-order valence-corrected chi connectivity index (χ2v) is 4.22. The summed E-state index contributed by atoms with van der Waals surface area (Å²) in [7, 11) is 0. The lowest BCUT2D eigenvalue weighted by atomic mass is 9.97. The normalized spacial score (nSPS) is 15.9. The maximum absolute atomic E-state index is 11.6. The van der Waals surface area contributed by atoms with Gasteiger partial charge < -0.3 is 9.64 Å². The topological polar surface area (TPSA) is 42.4 Å². The summed E-state index contributed by atoms with van der Waals surface area (Å²) in [6, 6.07) is 3.99. The Labute approximate surface area is 114 Å². The highest BCUT2D eigenvalue weighted by atomic mass is 35.5. The molecule has 0 radical (unpaired) electrons. The van der Waals surface area contributed by atoms with Gasteiger partial charge in [-0.15, -0.1) is 12.4 Å². The van der Waals surface area contributed by atoms with Gasteiger partial charge in [0.15, 0.2) is 0 Å². The van der Waals surface area contributed by atoms with Crippen LogP contribution in [0.1, 0.15) is 19.8 Å². The van der Waals surface area contributed by atoms with Crippen molar-refractivity contribution >= 4 is 24.1 Å². The first-order valence-corrected chi connectivity index (χ1v) is 6.13. The Morgan fingerprint density at radius 3 is 2.78 bits per heavy atom. The maximum Gasteiger partial charge on any atom is 0.309 e. The number of piperidine rings is 1. The van der Waals surface area contributed by atoms with E-state index in [1.807, 2.05) is 19.2 Å². The molecule has 1 aliphatic heterocycles. The van der Waals surface area contributed by atoms with Gasteiger partial charge in [0, 0.05) is 19.3 Å². The van der Waals surface area contributed by atoms with Crippen molar-refractivity contribution in [2.75, 3.05) is 24.6 Å². The van der Waals surface area contributed by atoms with Crippen LogP contribution in [0, 0.1) is 5.92 Å². The van der Waals surface area contributed by atoms with Gasteiger partial charge >= 0.3 is 5.97 Å². The maximum atomic E-state index is 11.6. The fourth-order valence-corrected chi connectivity index (χ4v) is 2.17. The van der Waals surface area contributed by atoms with Gasteiger partial charge in [-0.05, 0) is 31.9 Å². The van der Waals surface area contributed by atoms with Crippen molar-refractivity contribution in [2.45, 2.75) is 19.8 Å². The predicted octanol–water partition coefficient (Wildman–Crippen LogP) is 2.28. The summed E-state index contributed by atoms with van der Waals surface area (Å²) in [5, 5.41) is 0. The van der Waals surface area contributed by atoms with Gasteiger partial charge in [0.2, 0.25) is 0 Å². The number of hydrogen-bond acceptors (Lipinski definition) is 4. The number of pyridine rings is 1. The Balaban J connectivity index is 0.00000162. The minimum Gasteiger partial charge on any atom is -0.466 e. The highest BCUT2D eigenvalue weighted by Crippen LogP contribution is 2.23. The van der Waals surface area contributed by atoms with Crippen LogP contribution in [0.3, 0.4) is 0 Å². The van der Waals surface area contributed by atoms with Crippen molar-refractivity contribution in [3.05, 3.63) is 24.5 Å². The zero-order chi connectivity index (χ0) is 12.1. The molecule has 0 bridgehead atoms. The number of esters is 1. The molecule has 0 unspecified atom stereocenters. The van der Waals surface area contributed by atoms with Crippen molar-refractivity contribution in [3.8, 4) is 0 Å². The minimum atomic E-state index is -0.0432. The highest BCUT2D eigenvalue weighted by molar-refractivity contribution is 5.85. The molecule has 0 aliphatic carbocycles. The summed E-state index contributed by atoms with van der Waals surface area (Å²) in [4.78, 5) is 18.0. The number of halogens is 1. The van der Waals surface area contributed by atoms with Gasteiger partial charge in [0.25, 0.3) is 0 Å². The number of ether oxygens (including phenoxy) is 1. The first kappa shape index (κ1) is 14.8. The van der Waals surface area contributed by atoms with Gasteiger partial charge in [-0.1, -0.05) is 0 Å². The van der Waals surface area contributed by atoms with Gasteiger partial charge in [-0.25, -0.2) is 0 Å². The van der Waals surface area contributed by atoms with E-state index in [0.29, 0.717) is 6.61 Å². The molecule has 0 spiro atoms. The second-order valence-electron chi connectivity index (χ2n) is 4.22. The van der Waals surface area contributed by atoms with E-state index in [1.54, 1.807) is 6.20 Å². The number of nitrogens with zero attached hydrogens (tertiary/aromatic N) is 2. The molecule has 18 heavy (non-hydrogen) atoms. The summed E-state index contributed by atoms with van der Waals surface area (Å²) in [5.41, 5.74) is 1.13. The second kappa shape index (κ2) is 7.21. The number of carbonyl (C=O) groups excluding carboxylic acids is 1. The van der Waals surface area contributed by atoms with Crippen LogP contribution >= 0.6 is 12.4 Å². The zero-order valence-corrected chi connectivity index (χ0v) is 11.4. The number of aromatic nitrogens is 1. The Bertz CT molecular complexity index is 365. The monoisotopic (exact) mass is 270 g/mol. The molecular weight excluding hydrogens is 252 g/mol. The van der Waals surface area contributed by atoms with Crippen molar-refractivity contribution < 1.29 is 9.53 Å². The predicted molar refractivity (Wildman–Crippen MR) is 73.1 cm³/mol. The van der Waals surface area contributed by atoms with E-state index in [2.05, 4.69) is 16.0 Å². The van der Waals surface area contributed by atoms with Crippen LogP contribution in [0.4, 0.5) is 5.69 Å². The highest BCUT2D eigenvalue weighted by Gasteiger charge is 2.25. The van der Waals surface area contributed by atoms with Crippen LogP contribution in [-0.4, -0.2) is 30.6 Å². The first-order chi connectivity index (χ1) is 8.31. The molecule has 2 rings (SSSR count). The summed E-state index contributed by atoms with van der Waals surface area (Å²) in [6.45, 7) is 4.12. The van der Waals surface area contributed by atoms with E-state index in [4.69, 9.17) is 4.74 Å². The summed E-state index contributed by atoms with van der Waals surface area (Å²) < 4.78 is 5.05. The molecule has 2 heterocycles. The van der Waals surface area contributed by atoms with Crippen molar-refractivity contribution in [1.29, 1.82) is 0 Å². The molecule has 5 heteroatoms. The molecular formula is C13H19ClN2O2. The average molecular weight is 271 g/mol. The van der Waals surface area contributed by atoms with Crippen molar-refractivity contribution in [1.82, 2.24) is 4.98 Å². The Morgan fingerprint density at radius 1 is 1.50 bits per heavy atom. The smallest absolute Gasteiger partial charge is 0.309 e. The van der Waals surface area contributed by atoms with Gasteiger partial charge in [0.05, 0.1) is 24.4 Å². The first-order valence-electron chi connectivity index (χ1n) is 6.13. The molecule has 1 aromatic heterocycles. The third-order valence-electron chi connectivity index (χ3n) is 3.13. The summed E-state index contributed by atoms with van der Waals surface area (Å²) >= 11 is 0. The SMILES string of the molecule is CCOC(=O)C1CCN(c2cccnc2)CC1.Cl. The number of carbonyl (C=O) groups is 1. The number of rotatable bonds is 3. The number of hydrogen-bond donors (Lipinski definition) is 0.